The standard InChI is InChI=1S/C34H35ClN2O7S2/c1-2-42-30-11-7-25(21-28(30)35)24-6-10-29(44-19-15-36-13-17-41-18-14-36)26(20-24)22-31-32(38)37(34(45)46-31)12-3-16-43-27-8-4-23(5-9-27)33(39)40/h4-11,20-22H,2-3,12-19H2,1H3,(H,39,40)/b31-22-. The van der Waals surface area contributed by atoms with E-state index in [9.17, 15) is 9.59 Å². The Labute approximate surface area is 283 Å². The number of carbonyl (C=O) groups excluding carboxylic acids is 1. The molecule has 5 rings (SSSR count). The fourth-order valence-electron chi connectivity index (χ4n) is 4.98. The Morgan fingerprint density at radius 2 is 1.70 bits per heavy atom. The maximum atomic E-state index is 13.5. The summed E-state index contributed by atoms with van der Waals surface area (Å²) in [6.45, 7) is 7.62. The Morgan fingerprint density at radius 3 is 2.39 bits per heavy atom. The van der Waals surface area contributed by atoms with Crippen LogP contribution in [0.2, 0.25) is 5.02 Å². The van der Waals surface area contributed by atoms with Crippen molar-refractivity contribution < 1.29 is 33.6 Å². The molecule has 9 nitrogen and oxygen atoms in total. The molecule has 0 unspecified atom stereocenters. The molecule has 2 heterocycles. The van der Waals surface area contributed by atoms with Crippen LogP contribution < -0.4 is 14.2 Å². The number of hydrogen-bond acceptors (Lipinski definition) is 9. The topological polar surface area (TPSA) is 97.8 Å². The molecule has 2 fully saturated rings. The molecule has 0 saturated carbocycles. The van der Waals surface area contributed by atoms with Gasteiger partial charge in [0, 0.05) is 31.7 Å². The monoisotopic (exact) mass is 682 g/mol. The SMILES string of the molecule is CCOc1ccc(-c2ccc(OCCN3CCOCC3)c(/C=C3\SC(=S)N(CCCOc4ccc(C(=O)O)cc4)C3=O)c2)cc1Cl. The first-order valence-electron chi connectivity index (χ1n) is 15.0. The Kier molecular flexibility index (Phi) is 11.9. The van der Waals surface area contributed by atoms with Crippen molar-refractivity contribution in [1.82, 2.24) is 9.80 Å². The number of hydrogen-bond donors (Lipinski definition) is 1. The first kappa shape index (κ1) is 33.7. The van der Waals surface area contributed by atoms with Crippen molar-refractivity contribution in [3.8, 4) is 28.4 Å². The van der Waals surface area contributed by atoms with Gasteiger partial charge in [0.2, 0.25) is 0 Å². The van der Waals surface area contributed by atoms with Crippen LogP contribution in [0.5, 0.6) is 17.2 Å². The van der Waals surface area contributed by atoms with Crippen LogP contribution in [-0.4, -0.2) is 90.3 Å². The molecule has 0 radical (unpaired) electrons. The minimum Gasteiger partial charge on any atom is -0.494 e. The lowest BCUT2D eigenvalue weighted by atomic mass is 10.0. The van der Waals surface area contributed by atoms with Gasteiger partial charge < -0.3 is 24.1 Å². The second-order valence-electron chi connectivity index (χ2n) is 10.5. The van der Waals surface area contributed by atoms with Gasteiger partial charge in [-0.15, -0.1) is 0 Å². The molecule has 0 aromatic heterocycles. The predicted octanol–water partition coefficient (Wildman–Crippen LogP) is 6.49. The molecule has 2 saturated heterocycles. The highest BCUT2D eigenvalue weighted by atomic mass is 35.5. The number of carboxylic acids is 1. The van der Waals surface area contributed by atoms with E-state index in [4.69, 9.17) is 47.9 Å². The van der Waals surface area contributed by atoms with Crippen LogP contribution in [0, 0.1) is 0 Å². The Hall–Kier alpha value is -3.61. The largest absolute Gasteiger partial charge is 0.494 e. The maximum Gasteiger partial charge on any atom is 0.335 e. The Balaban J connectivity index is 1.29. The van der Waals surface area contributed by atoms with Gasteiger partial charge in [-0.1, -0.05) is 47.7 Å². The summed E-state index contributed by atoms with van der Waals surface area (Å²) in [5, 5.41) is 9.58. The molecule has 1 N–H and O–H groups in total. The quantitative estimate of drug-likeness (QED) is 0.116. The van der Waals surface area contributed by atoms with Gasteiger partial charge in [0.1, 0.15) is 28.2 Å². The molecule has 3 aromatic rings. The maximum absolute atomic E-state index is 13.5. The third kappa shape index (κ3) is 8.80. The lowest BCUT2D eigenvalue weighted by Crippen LogP contribution is -2.38. The average Bonchev–Trinajstić information content (AvgIpc) is 3.32. The van der Waals surface area contributed by atoms with Crippen molar-refractivity contribution in [2.24, 2.45) is 0 Å². The number of carboxylic acid groups (broad SMARTS) is 1. The van der Waals surface area contributed by atoms with Gasteiger partial charge in [0.15, 0.2) is 0 Å². The van der Waals surface area contributed by atoms with Gasteiger partial charge >= 0.3 is 5.97 Å². The van der Waals surface area contributed by atoms with Crippen LogP contribution in [-0.2, 0) is 9.53 Å². The average molecular weight is 683 g/mol. The van der Waals surface area contributed by atoms with E-state index in [1.54, 1.807) is 17.0 Å². The van der Waals surface area contributed by atoms with Crippen molar-refractivity contribution in [1.29, 1.82) is 0 Å². The number of thioether (sulfide) groups is 1. The molecule has 0 aliphatic carbocycles. The number of morpholine rings is 1. The van der Waals surface area contributed by atoms with Crippen molar-refractivity contribution in [2.75, 3.05) is 59.2 Å². The molecular formula is C34H35ClN2O7S2. The van der Waals surface area contributed by atoms with Crippen molar-refractivity contribution in [3.05, 3.63) is 81.7 Å². The third-order valence-corrected chi connectivity index (χ3v) is 9.07. The summed E-state index contributed by atoms with van der Waals surface area (Å²) in [5.41, 5.74) is 2.78. The molecule has 1 amide bonds. The minimum atomic E-state index is -0.993. The number of amides is 1. The molecule has 46 heavy (non-hydrogen) atoms. The number of thiocarbonyl (C=S) groups is 1. The summed E-state index contributed by atoms with van der Waals surface area (Å²) in [4.78, 5) is 28.9. The molecule has 242 valence electrons. The van der Waals surface area contributed by atoms with Gasteiger partial charge in [-0.2, -0.15) is 0 Å². The summed E-state index contributed by atoms with van der Waals surface area (Å²) < 4.78 is 23.5. The molecule has 2 aliphatic rings. The van der Waals surface area contributed by atoms with Crippen LogP contribution in [0.3, 0.4) is 0 Å². The van der Waals surface area contributed by atoms with E-state index in [0.717, 1.165) is 49.5 Å². The van der Waals surface area contributed by atoms with E-state index in [2.05, 4.69) is 4.90 Å². The summed E-state index contributed by atoms with van der Waals surface area (Å²) >= 11 is 13.3. The smallest absolute Gasteiger partial charge is 0.335 e. The number of rotatable bonds is 14. The molecule has 12 heteroatoms. The lowest BCUT2D eigenvalue weighted by molar-refractivity contribution is -0.122. The zero-order valence-corrected chi connectivity index (χ0v) is 27.8. The Bertz CT molecular complexity index is 1590. The lowest BCUT2D eigenvalue weighted by Gasteiger charge is -2.26. The Morgan fingerprint density at radius 1 is 0.978 bits per heavy atom. The van der Waals surface area contributed by atoms with E-state index in [1.165, 1.54) is 23.9 Å². The third-order valence-electron chi connectivity index (χ3n) is 7.40. The minimum absolute atomic E-state index is 0.172. The predicted molar refractivity (Wildman–Crippen MR) is 184 cm³/mol. The number of benzene rings is 3. The van der Waals surface area contributed by atoms with Gasteiger partial charge in [-0.05, 0) is 79.1 Å². The van der Waals surface area contributed by atoms with Crippen LogP contribution in [0.25, 0.3) is 17.2 Å². The molecule has 2 aliphatic heterocycles. The number of carbonyl (C=O) groups is 2. The van der Waals surface area contributed by atoms with Crippen molar-refractivity contribution >= 4 is 57.9 Å². The van der Waals surface area contributed by atoms with Gasteiger partial charge in [0.05, 0.1) is 41.9 Å². The van der Waals surface area contributed by atoms with E-state index >= 15 is 0 Å². The van der Waals surface area contributed by atoms with E-state index in [0.29, 0.717) is 64.3 Å². The molecule has 3 aromatic carbocycles. The number of aromatic carboxylic acids is 1. The van der Waals surface area contributed by atoms with E-state index in [1.807, 2.05) is 49.4 Å². The van der Waals surface area contributed by atoms with Gasteiger partial charge in [-0.25, -0.2) is 4.79 Å². The highest BCUT2D eigenvalue weighted by Crippen LogP contribution is 2.37. The first-order valence-corrected chi connectivity index (χ1v) is 16.6. The van der Waals surface area contributed by atoms with Crippen LogP contribution in [0.1, 0.15) is 29.3 Å². The summed E-state index contributed by atoms with van der Waals surface area (Å²) in [6, 6.07) is 17.8. The molecular weight excluding hydrogens is 648 g/mol. The zero-order valence-electron chi connectivity index (χ0n) is 25.4. The van der Waals surface area contributed by atoms with Crippen LogP contribution >= 0.6 is 35.6 Å². The number of ether oxygens (including phenoxy) is 4. The van der Waals surface area contributed by atoms with Gasteiger partial charge in [-0.3, -0.25) is 14.6 Å². The van der Waals surface area contributed by atoms with Crippen LogP contribution in [0.4, 0.5) is 0 Å². The van der Waals surface area contributed by atoms with E-state index in [-0.39, 0.29) is 11.5 Å². The number of halogens is 1. The highest BCUT2D eigenvalue weighted by Gasteiger charge is 2.32. The fourth-order valence-corrected chi connectivity index (χ4v) is 6.51. The van der Waals surface area contributed by atoms with Crippen molar-refractivity contribution in [2.45, 2.75) is 13.3 Å². The second-order valence-corrected chi connectivity index (χ2v) is 12.6. The highest BCUT2D eigenvalue weighted by molar-refractivity contribution is 8.26. The van der Waals surface area contributed by atoms with E-state index < -0.39 is 5.97 Å². The normalized spacial score (nSPS) is 16.2. The summed E-state index contributed by atoms with van der Waals surface area (Å²) in [7, 11) is 0. The number of nitrogens with zero attached hydrogens (tertiary/aromatic N) is 2. The first-order chi connectivity index (χ1) is 22.3. The fraction of sp³-hybridized carbons (Fsp3) is 0.324. The molecule has 0 bridgehead atoms. The summed E-state index contributed by atoms with van der Waals surface area (Å²) in [5.74, 6) is 0.690. The van der Waals surface area contributed by atoms with Crippen molar-refractivity contribution in [3.63, 3.8) is 0 Å². The summed E-state index contributed by atoms with van der Waals surface area (Å²) in [6.07, 6.45) is 2.38. The zero-order chi connectivity index (χ0) is 32.5. The van der Waals surface area contributed by atoms with Crippen LogP contribution in [0.15, 0.2) is 65.6 Å². The van der Waals surface area contributed by atoms with Gasteiger partial charge in [0.25, 0.3) is 5.91 Å². The molecule has 0 atom stereocenters. The molecule has 0 spiro atoms. The second kappa shape index (κ2) is 16.3.